The monoisotopic (exact) mass is 233 g/mol. The molecule has 0 saturated carbocycles. The fraction of sp³-hybridized carbons (Fsp3) is 0.778. The van der Waals surface area contributed by atoms with E-state index in [1.807, 2.05) is 0 Å². The van der Waals surface area contributed by atoms with E-state index in [-0.39, 0.29) is 0 Å². The number of rotatable bonds is 5. The van der Waals surface area contributed by atoms with Crippen molar-refractivity contribution in [1.29, 1.82) is 0 Å². The normalized spacial score (nSPS) is 13.2. The Bertz CT molecular complexity index is 275. The van der Waals surface area contributed by atoms with Gasteiger partial charge in [-0.25, -0.2) is 4.98 Å². The van der Waals surface area contributed by atoms with Crippen LogP contribution >= 0.6 is 23.1 Å². The Hall–Kier alpha value is -0.350. The third-order valence-electron chi connectivity index (χ3n) is 1.82. The van der Waals surface area contributed by atoms with Crippen molar-refractivity contribution >= 4 is 28.3 Å². The van der Waals surface area contributed by atoms with Gasteiger partial charge in [0.15, 0.2) is 0 Å². The van der Waals surface area contributed by atoms with Crippen molar-refractivity contribution < 1.29 is 0 Å². The fourth-order valence-corrected chi connectivity index (χ4v) is 1.68. The van der Waals surface area contributed by atoms with E-state index in [0.29, 0.717) is 17.7 Å². The van der Waals surface area contributed by atoms with Crippen LogP contribution in [-0.2, 0) is 0 Å². The van der Waals surface area contributed by atoms with Crippen LogP contribution in [-0.4, -0.2) is 21.8 Å². The van der Waals surface area contributed by atoms with Gasteiger partial charge < -0.3 is 5.32 Å². The van der Waals surface area contributed by atoms with Crippen molar-refractivity contribution in [1.82, 2.24) is 9.36 Å². The van der Waals surface area contributed by atoms with E-state index in [9.17, 15) is 0 Å². The molecule has 1 rings (SSSR count). The predicted molar refractivity (Wildman–Crippen MR) is 62.4 cm³/mol. The first-order chi connectivity index (χ1) is 6.63. The Balaban J connectivity index is 2.44. The van der Waals surface area contributed by atoms with E-state index in [2.05, 4.69) is 35.4 Å². The molecule has 1 atom stereocenters. The van der Waals surface area contributed by atoms with Gasteiger partial charge in [-0.2, -0.15) is 4.37 Å². The zero-order chi connectivity index (χ0) is 10.6. The van der Waals surface area contributed by atoms with Gasteiger partial charge in [0.1, 0.15) is 5.82 Å². The minimum atomic E-state index is 0.396. The minimum absolute atomic E-state index is 0.396. The van der Waals surface area contributed by atoms with E-state index in [4.69, 9.17) is 11.6 Å². The Morgan fingerprint density at radius 2 is 2.14 bits per heavy atom. The molecular weight excluding hydrogens is 218 g/mol. The number of nitrogens with one attached hydrogen (secondary N) is 1. The molecule has 80 valence electrons. The van der Waals surface area contributed by atoms with Gasteiger partial charge in [-0.1, -0.05) is 20.8 Å². The van der Waals surface area contributed by atoms with Crippen molar-refractivity contribution in [3.63, 3.8) is 0 Å². The summed E-state index contributed by atoms with van der Waals surface area (Å²) in [7, 11) is 0. The molecule has 0 aliphatic carbocycles. The van der Waals surface area contributed by atoms with E-state index >= 15 is 0 Å². The van der Waals surface area contributed by atoms with E-state index in [0.717, 1.165) is 17.5 Å². The highest BCUT2D eigenvalue weighted by atomic mass is 35.5. The molecule has 0 aromatic carbocycles. The molecule has 0 aliphatic heterocycles. The summed E-state index contributed by atoms with van der Waals surface area (Å²) in [4.78, 5) is 4.37. The van der Waals surface area contributed by atoms with Crippen LogP contribution in [0.5, 0.6) is 0 Å². The van der Waals surface area contributed by atoms with E-state index < -0.39 is 0 Å². The molecule has 1 N–H and O–H groups in total. The molecule has 0 amide bonds. The average molecular weight is 234 g/mol. The van der Waals surface area contributed by atoms with Gasteiger partial charge in [-0.15, -0.1) is 11.6 Å². The lowest BCUT2D eigenvalue weighted by Gasteiger charge is -2.06. The quantitative estimate of drug-likeness (QED) is 0.795. The standard InChI is InChI=1S/C9H16ClN3S/c1-6(2)8-12-9(14-13-8)11-5-7(3)4-10/h6-7H,4-5H2,1-3H3,(H,11,12,13). The Morgan fingerprint density at radius 1 is 1.43 bits per heavy atom. The fourth-order valence-electron chi connectivity index (χ4n) is 0.857. The molecule has 1 aromatic rings. The van der Waals surface area contributed by atoms with Crippen LogP contribution in [0.2, 0.25) is 0 Å². The molecule has 1 unspecified atom stereocenters. The van der Waals surface area contributed by atoms with E-state index in [1.165, 1.54) is 11.5 Å². The van der Waals surface area contributed by atoms with Crippen molar-refractivity contribution in [2.75, 3.05) is 17.7 Å². The second-order valence-corrected chi connectivity index (χ2v) is 4.81. The van der Waals surface area contributed by atoms with Gasteiger partial charge in [0.25, 0.3) is 0 Å². The highest BCUT2D eigenvalue weighted by molar-refractivity contribution is 7.09. The lowest BCUT2D eigenvalue weighted by molar-refractivity contribution is 0.695. The van der Waals surface area contributed by atoms with Gasteiger partial charge >= 0.3 is 0 Å². The van der Waals surface area contributed by atoms with Crippen molar-refractivity contribution in [2.45, 2.75) is 26.7 Å². The Labute approximate surface area is 94.1 Å². The summed E-state index contributed by atoms with van der Waals surface area (Å²) in [6, 6.07) is 0. The summed E-state index contributed by atoms with van der Waals surface area (Å²) in [5.41, 5.74) is 0. The van der Waals surface area contributed by atoms with Crippen molar-refractivity contribution in [2.24, 2.45) is 5.92 Å². The van der Waals surface area contributed by atoms with Crippen molar-refractivity contribution in [3.8, 4) is 0 Å². The zero-order valence-corrected chi connectivity index (χ0v) is 10.3. The maximum Gasteiger partial charge on any atom is 0.202 e. The van der Waals surface area contributed by atoms with Gasteiger partial charge in [-0.05, 0) is 5.92 Å². The summed E-state index contributed by atoms with van der Waals surface area (Å²) < 4.78 is 4.25. The Kier molecular flexibility index (Phi) is 4.62. The van der Waals surface area contributed by atoms with Crippen molar-refractivity contribution in [3.05, 3.63) is 5.82 Å². The molecule has 0 fully saturated rings. The zero-order valence-electron chi connectivity index (χ0n) is 8.75. The number of halogens is 1. The van der Waals surface area contributed by atoms with Crippen LogP contribution in [0.4, 0.5) is 5.13 Å². The third-order valence-corrected chi connectivity index (χ3v) is 3.04. The third kappa shape index (κ3) is 3.42. The number of nitrogens with zero attached hydrogens (tertiary/aromatic N) is 2. The highest BCUT2D eigenvalue weighted by Gasteiger charge is 2.07. The molecule has 14 heavy (non-hydrogen) atoms. The molecule has 3 nitrogen and oxygen atoms in total. The van der Waals surface area contributed by atoms with Crippen LogP contribution in [0.15, 0.2) is 0 Å². The first-order valence-electron chi connectivity index (χ1n) is 4.77. The van der Waals surface area contributed by atoms with Crippen LogP contribution in [0.25, 0.3) is 0 Å². The van der Waals surface area contributed by atoms with Gasteiger partial charge in [0, 0.05) is 29.9 Å². The smallest absolute Gasteiger partial charge is 0.202 e. The number of hydrogen-bond donors (Lipinski definition) is 1. The molecule has 0 saturated heterocycles. The topological polar surface area (TPSA) is 37.8 Å². The summed E-state index contributed by atoms with van der Waals surface area (Å²) >= 11 is 7.12. The lowest BCUT2D eigenvalue weighted by atomic mass is 10.2. The van der Waals surface area contributed by atoms with Crippen LogP contribution in [0.1, 0.15) is 32.5 Å². The summed E-state index contributed by atoms with van der Waals surface area (Å²) in [5, 5.41) is 4.13. The largest absolute Gasteiger partial charge is 0.360 e. The molecular formula is C9H16ClN3S. The SMILES string of the molecule is CC(CCl)CNc1nc(C(C)C)ns1. The van der Waals surface area contributed by atoms with Crippen LogP contribution < -0.4 is 5.32 Å². The summed E-state index contributed by atoms with van der Waals surface area (Å²) in [5.74, 6) is 2.44. The number of hydrogen-bond acceptors (Lipinski definition) is 4. The number of anilines is 1. The first-order valence-corrected chi connectivity index (χ1v) is 6.07. The molecule has 0 radical (unpaired) electrons. The molecule has 0 spiro atoms. The lowest BCUT2D eigenvalue weighted by Crippen LogP contribution is -2.12. The predicted octanol–water partition coefficient (Wildman–Crippen LogP) is 2.95. The first kappa shape index (κ1) is 11.7. The molecule has 0 bridgehead atoms. The van der Waals surface area contributed by atoms with E-state index in [1.54, 1.807) is 0 Å². The van der Waals surface area contributed by atoms with Gasteiger partial charge in [0.05, 0.1) is 0 Å². The van der Waals surface area contributed by atoms with Gasteiger partial charge in [0.2, 0.25) is 5.13 Å². The average Bonchev–Trinajstić information content (AvgIpc) is 2.62. The maximum absolute atomic E-state index is 5.70. The Morgan fingerprint density at radius 3 is 2.64 bits per heavy atom. The highest BCUT2D eigenvalue weighted by Crippen LogP contribution is 2.17. The molecule has 1 aromatic heterocycles. The van der Waals surface area contributed by atoms with Crippen LogP contribution in [0.3, 0.4) is 0 Å². The maximum atomic E-state index is 5.70. The minimum Gasteiger partial charge on any atom is -0.360 e. The second-order valence-electron chi connectivity index (χ2n) is 3.75. The molecule has 5 heteroatoms. The second kappa shape index (κ2) is 5.51. The number of aromatic nitrogens is 2. The van der Waals surface area contributed by atoms with Crippen LogP contribution in [0, 0.1) is 5.92 Å². The molecule has 1 heterocycles. The summed E-state index contributed by atoms with van der Waals surface area (Å²) in [6.45, 7) is 7.14. The molecule has 0 aliphatic rings. The number of alkyl halides is 1. The summed E-state index contributed by atoms with van der Waals surface area (Å²) in [6.07, 6.45) is 0. The van der Waals surface area contributed by atoms with Gasteiger partial charge in [-0.3, -0.25) is 0 Å².